The molecule has 2 N–H and O–H groups in total. The van der Waals surface area contributed by atoms with Gasteiger partial charge in [0.1, 0.15) is 5.75 Å². The average molecular weight is 241 g/mol. The van der Waals surface area contributed by atoms with E-state index in [1.807, 2.05) is 0 Å². The predicted molar refractivity (Wildman–Crippen MR) is 62.9 cm³/mol. The number of rotatable bonds is 5. The molecule has 0 aliphatic rings. The van der Waals surface area contributed by atoms with Crippen molar-refractivity contribution in [1.29, 1.82) is 0 Å². The van der Waals surface area contributed by atoms with Crippen LogP contribution >= 0.6 is 0 Å². The van der Waals surface area contributed by atoms with Crippen LogP contribution in [0.5, 0.6) is 5.75 Å². The molecule has 0 bridgehead atoms. The smallest absolute Gasteiger partial charge is 0.238 e. The topological polar surface area (TPSA) is 69.4 Å². The lowest BCUT2D eigenvalue weighted by Gasteiger charge is -2.08. The number of ether oxygens (including phenoxy) is 1. The molecule has 5 heteroatoms. The van der Waals surface area contributed by atoms with E-state index < -0.39 is 10.0 Å². The Bertz CT molecular complexity index is 480. The summed E-state index contributed by atoms with van der Waals surface area (Å²) >= 11 is 0. The molecule has 0 spiro atoms. The highest BCUT2D eigenvalue weighted by atomic mass is 32.2. The second-order valence-corrected chi connectivity index (χ2v) is 4.93. The van der Waals surface area contributed by atoms with Crippen LogP contribution in [0, 0.1) is 6.92 Å². The zero-order chi connectivity index (χ0) is 12.2. The summed E-state index contributed by atoms with van der Waals surface area (Å²) in [5.41, 5.74) is 0.582. The van der Waals surface area contributed by atoms with E-state index in [1.54, 1.807) is 25.1 Å². The number of primary sulfonamides is 1. The Balaban J connectivity index is 2.87. The summed E-state index contributed by atoms with van der Waals surface area (Å²) in [5, 5.41) is 5.05. The van der Waals surface area contributed by atoms with Gasteiger partial charge >= 0.3 is 0 Å². The molecular formula is C11H15NO3S. The van der Waals surface area contributed by atoms with Crippen LogP contribution in [0.25, 0.3) is 0 Å². The lowest BCUT2D eigenvalue weighted by atomic mass is 10.2. The van der Waals surface area contributed by atoms with Crippen molar-refractivity contribution < 1.29 is 13.2 Å². The average Bonchev–Trinajstić information content (AvgIpc) is 2.16. The van der Waals surface area contributed by atoms with E-state index in [1.165, 1.54) is 6.07 Å². The summed E-state index contributed by atoms with van der Waals surface area (Å²) in [6, 6.07) is 4.70. The molecule has 1 rings (SSSR count). The fraction of sp³-hybridized carbons (Fsp3) is 0.273. The zero-order valence-electron chi connectivity index (χ0n) is 9.14. The molecule has 0 fully saturated rings. The Kier molecular flexibility index (Phi) is 4.09. The molecule has 4 nitrogen and oxygen atoms in total. The zero-order valence-corrected chi connectivity index (χ0v) is 9.96. The molecule has 0 unspecified atom stereocenters. The van der Waals surface area contributed by atoms with Gasteiger partial charge in [-0.1, -0.05) is 6.08 Å². The molecule has 0 saturated heterocycles. The van der Waals surface area contributed by atoms with Gasteiger partial charge in [0.15, 0.2) is 0 Å². The van der Waals surface area contributed by atoms with E-state index in [0.29, 0.717) is 17.9 Å². The molecule has 0 heterocycles. The Morgan fingerprint density at radius 3 is 2.69 bits per heavy atom. The van der Waals surface area contributed by atoms with E-state index in [4.69, 9.17) is 9.88 Å². The number of hydrogen-bond donors (Lipinski definition) is 1. The molecule has 1 aromatic carbocycles. The Morgan fingerprint density at radius 1 is 1.50 bits per heavy atom. The minimum atomic E-state index is -3.65. The van der Waals surface area contributed by atoms with Crippen LogP contribution in [0.15, 0.2) is 35.7 Å². The van der Waals surface area contributed by atoms with Gasteiger partial charge in [-0.05, 0) is 37.1 Å². The number of sulfonamides is 1. The monoisotopic (exact) mass is 241 g/mol. The van der Waals surface area contributed by atoms with Crippen LogP contribution in [-0.2, 0) is 10.0 Å². The van der Waals surface area contributed by atoms with Gasteiger partial charge in [-0.2, -0.15) is 0 Å². The van der Waals surface area contributed by atoms with Gasteiger partial charge < -0.3 is 4.74 Å². The molecule has 1 aromatic rings. The van der Waals surface area contributed by atoms with Crippen LogP contribution in [0.1, 0.15) is 12.0 Å². The van der Waals surface area contributed by atoms with E-state index in [2.05, 4.69) is 6.58 Å². The van der Waals surface area contributed by atoms with Gasteiger partial charge in [-0.15, -0.1) is 6.58 Å². The minimum Gasteiger partial charge on any atom is -0.493 e. The van der Waals surface area contributed by atoms with Crippen LogP contribution in [-0.4, -0.2) is 15.0 Å². The molecule has 0 aromatic heterocycles. The van der Waals surface area contributed by atoms with E-state index in [9.17, 15) is 8.42 Å². The van der Waals surface area contributed by atoms with E-state index >= 15 is 0 Å². The second kappa shape index (κ2) is 5.14. The predicted octanol–water partition coefficient (Wildman–Crippen LogP) is 1.60. The van der Waals surface area contributed by atoms with Crippen molar-refractivity contribution in [2.75, 3.05) is 6.61 Å². The van der Waals surface area contributed by atoms with Crippen molar-refractivity contribution in [1.82, 2.24) is 0 Å². The standard InChI is InChI=1S/C11H15NO3S/c1-3-4-7-15-10-5-6-11(9(2)8-10)16(12,13)14/h3,5-6,8H,1,4,7H2,2H3,(H2,12,13,14). The van der Waals surface area contributed by atoms with Crippen molar-refractivity contribution in [3.05, 3.63) is 36.4 Å². The first-order valence-corrected chi connectivity index (χ1v) is 6.37. The number of nitrogens with two attached hydrogens (primary N) is 1. The first-order valence-electron chi connectivity index (χ1n) is 4.82. The first-order chi connectivity index (χ1) is 7.45. The van der Waals surface area contributed by atoms with Crippen LogP contribution in [0.2, 0.25) is 0 Å². The summed E-state index contributed by atoms with van der Waals surface area (Å²) < 4.78 is 27.7. The SMILES string of the molecule is C=CCCOc1ccc(S(N)(=O)=O)c(C)c1. The largest absolute Gasteiger partial charge is 0.493 e. The number of hydrogen-bond acceptors (Lipinski definition) is 3. The fourth-order valence-corrected chi connectivity index (χ4v) is 2.06. The summed E-state index contributed by atoms with van der Waals surface area (Å²) in [5.74, 6) is 0.631. The maximum Gasteiger partial charge on any atom is 0.238 e. The van der Waals surface area contributed by atoms with Gasteiger partial charge in [-0.3, -0.25) is 0 Å². The van der Waals surface area contributed by atoms with Crippen LogP contribution < -0.4 is 9.88 Å². The highest BCUT2D eigenvalue weighted by Gasteiger charge is 2.11. The van der Waals surface area contributed by atoms with E-state index in [-0.39, 0.29) is 4.90 Å². The molecule has 0 atom stereocenters. The Labute approximate surface area is 95.8 Å². The molecule has 0 amide bonds. The quantitative estimate of drug-likeness (QED) is 0.628. The summed E-state index contributed by atoms with van der Waals surface area (Å²) in [4.78, 5) is 0.128. The van der Waals surface area contributed by atoms with Crippen LogP contribution in [0.3, 0.4) is 0 Å². The number of benzene rings is 1. The lowest BCUT2D eigenvalue weighted by Crippen LogP contribution is -2.13. The summed E-state index contributed by atoms with van der Waals surface area (Å²) in [7, 11) is -3.65. The van der Waals surface area contributed by atoms with Crippen molar-refractivity contribution >= 4 is 10.0 Å². The van der Waals surface area contributed by atoms with Gasteiger partial charge in [0.2, 0.25) is 10.0 Å². The third-order valence-electron chi connectivity index (χ3n) is 2.04. The van der Waals surface area contributed by atoms with Crippen molar-refractivity contribution in [3.8, 4) is 5.75 Å². The molecule has 88 valence electrons. The minimum absolute atomic E-state index is 0.128. The van der Waals surface area contributed by atoms with Crippen molar-refractivity contribution in [2.24, 2.45) is 5.14 Å². The molecule has 0 saturated carbocycles. The third kappa shape index (κ3) is 3.36. The highest BCUT2D eigenvalue weighted by molar-refractivity contribution is 7.89. The lowest BCUT2D eigenvalue weighted by molar-refractivity contribution is 0.324. The molecular weight excluding hydrogens is 226 g/mol. The summed E-state index contributed by atoms with van der Waals surface area (Å²) in [6.45, 7) is 5.79. The molecule has 0 radical (unpaired) electrons. The molecule has 0 aliphatic heterocycles. The van der Waals surface area contributed by atoms with Gasteiger partial charge in [0, 0.05) is 0 Å². The Hall–Kier alpha value is -1.33. The fourth-order valence-electron chi connectivity index (χ4n) is 1.29. The first kappa shape index (κ1) is 12.7. The van der Waals surface area contributed by atoms with E-state index in [0.717, 1.165) is 6.42 Å². The van der Waals surface area contributed by atoms with Gasteiger partial charge in [0.05, 0.1) is 11.5 Å². The van der Waals surface area contributed by atoms with Crippen LogP contribution in [0.4, 0.5) is 0 Å². The highest BCUT2D eigenvalue weighted by Crippen LogP contribution is 2.20. The normalized spacial score (nSPS) is 11.1. The number of aryl methyl sites for hydroxylation is 1. The molecule has 0 aliphatic carbocycles. The van der Waals surface area contributed by atoms with Crippen molar-refractivity contribution in [3.63, 3.8) is 0 Å². The van der Waals surface area contributed by atoms with Gasteiger partial charge in [0.25, 0.3) is 0 Å². The van der Waals surface area contributed by atoms with Crippen molar-refractivity contribution in [2.45, 2.75) is 18.2 Å². The maximum atomic E-state index is 11.1. The molecule has 16 heavy (non-hydrogen) atoms. The van der Waals surface area contributed by atoms with Gasteiger partial charge in [-0.25, -0.2) is 13.6 Å². The second-order valence-electron chi connectivity index (χ2n) is 3.40. The maximum absolute atomic E-state index is 11.1. The third-order valence-corrected chi connectivity index (χ3v) is 3.11. The Morgan fingerprint density at radius 2 is 2.19 bits per heavy atom. The summed E-state index contributed by atoms with van der Waals surface area (Å²) in [6.07, 6.45) is 2.50.